The fraction of sp³-hybridized carbons (Fsp3) is 0.500. The number of hydrogen-bond acceptors (Lipinski definition) is 2. The van der Waals surface area contributed by atoms with E-state index in [1.165, 1.54) is 0 Å². The Morgan fingerprint density at radius 3 is 3.15 bits per heavy atom. The third-order valence-electron chi connectivity index (χ3n) is 1.65. The molecule has 0 unspecified atom stereocenters. The first kappa shape index (κ1) is 9.82. The van der Waals surface area contributed by atoms with Crippen LogP contribution in [0.25, 0.3) is 0 Å². The van der Waals surface area contributed by atoms with E-state index in [-0.39, 0.29) is 0 Å². The second kappa shape index (κ2) is 5.39. The summed E-state index contributed by atoms with van der Waals surface area (Å²) < 4.78 is 2.07. The van der Waals surface area contributed by atoms with Crippen LogP contribution in [-0.2, 0) is 6.54 Å². The minimum atomic E-state index is 0.707. The molecule has 1 rings (SSSR count). The predicted octanol–water partition coefficient (Wildman–Crippen LogP) is 0.864. The van der Waals surface area contributed by atoms with Crippen LogP contribution in [0.1, 0.15) is 19.2 Å². The summed E-state index contributed by atoms with van der Waals surface area (Å²) in [5.41, 5.74) is 0. The summed E-state index contributed by atoms with van der Waals surface area (Å²) >= 11 is 0. The largest absolute Gasteiger partial charge is 0.324 e. The van der Waals surface area contributed by atoms with Crippen LogP contribution in [0.4, 0.5) is 0 Å². The second-order valence-electron chi connectivity index (χ2n) is 2.78. The molecule has 1 aromatic heterocycles. The smallest absolute Gasteiger partial charge is 0.185 e. The Morgan fingerprint density at radius 2 is 2.46 bits per heavy atom. The maximum atomic E-state index is 4.17. The molecule has 13 heavy (non-hydrogen) atoms. The molecule has 70 valence electrons. The van der Waals surface area contributed by atoms with Crippen LogP contribution >= 0.6 is 0 Å². The van der Waals surface area contributed by atoms with Crippen LogP contribution in [0.3, 0.4) is 0 Å². The SMILES string of the molecule is CCCn1ccnc1C#CCNC. The zero-order chi connectivity index (χ0) is 9.52. The molecule has 0 aliphatic heterocycles. The van der Waals surface area contributed by atoms with Gasteiger partial charge in [-0.3, -0.25) is 0 Å². The lowest BCUT2D eigenvalue weighted by Gasteiger charge is -1.99. The molecule has 1 aromatic rings. The summed E-state index contributed by atoms with van der Waals surface area (Å²) in [7, 11) is 1.88. The first-order valence-corrected chi connectivity index (χ1v) is 4.53. The van der Waals surface area contributed by atoms with Crippen molar-refractivity contribution in [2.24, 2.45) is 0 Å². The molecular formula is C10H15N3. The predicted molar refractivity (Wildman–Crippen MR) is 53.3 cm³/mol. The van der Waals surface area contributed by atoms with E-state index in [2.05, 4.69) is 33.6 Å². The van der Waals surface area contributed by atoms with Crippen LogP contribution in [0.2, 0.25) is 0 Å². The number of nitrogens with zero attached hydrogens (tertiary/aromatic N) is 2. The van der Waals surface area contributed by atoms with E-state index in [4.69, 9.17) is 0 Å². The van der Waals surface area contributed by atoms with Gasteiger partial charge in [0.25, 0.3) is 0 Å². The zero-order valence-electron chi connectivity index (χ0n) is 8.17. The van der Waals surface area contributed by atoms with Gasteiger partial charge in [-0.1, -0.05) is 12.8 Å². The molecule has 1 N–H and O–H groups in total. The van der Waals surface area contributed by atoms with Gasteiger partial charge in [-0.15, -0.1) is 0 Å². The number of aromatic nitrogens is 2. The lowest BCUT2D eigenvalue weighted by molar-refractivity contribution is 0.671. The molecule has 0 bridgehead atoms. The van der Waals surface area contributed by atoms with E-state index in [1.807, 2.05) is 13.2 Å². The quantitative estimate of drug-likeness (QED) is 0.694. The normalized spacial score (nSPS) is 9.38. The number of nitrogens with one attached hydrogen (secondary N) is 1. The van der Waals surface area contributed by atoms with Gasteiger partial charge in [0, 0.05) is 18.9 Å². The van der Waals surface area contributed by atoms with Crippen molar-refractivity contribution < 1.29 is 0 Å². The van der Waals surface area contributed by atoms with Gasteiger partial charge >= 0.3 is 0 Å². The zero-order valence-corrected chi connectivity index (χ0v) is 8.17. The van der Waals surface area contributed by atoms with Crippen molar-refractivity contribution in [3.8, 4) is 11.8 Å². The highest BCUT2D eigenvalue weighted by atomic mass is 15.0. The van der Waals surface area contributed by atoms with E-state index in [9.17, 15) is 0 Å². The van der Waals surface area contributed by atoms with E-state index >= 15 is 0 Å². The molecule has 0 saturated heterocycles. The van der Waals surface area contributed by atoms with Gasteiger partial charge in [0.1, 0.15) is 0 Å². The van der Waals surface area contributed by atoms with Crippen molar-refractivity contribution in [1.29, 1.82) is 0 Å². The molecular weight excluding hydrogens is 162 g/mol. The number of rotatable bonds is 3. The highest BCUT2D eigenvalue weighted by molar-refractivity contribution is 5.22. The van der Waals surface area contributed by atoms with Crippen molar-refractivity contribution in [2.75, 3.05) is 13.6 Å². The summed E-state index contributed by atoms with van der Waals surface area (Å²) in [4.78, 5) is 4.17. The van der Waals surface area contributed by atoms with Crippen LogP contribution in [0.15, 0.2) is 12.4 Å². The van der Waals surface area contributed by atoms with Gasteiger partial charge in [0.15, 0.2) is 5.82 Å². The summed E-state index contributed by atoms with van der Waals surface area (Å²) in [6.07, 6.45) is 4.86. The molecule has 0 radical (unpaired) electrons. The average molecular weight is 177 g/mol. The molecule has 0 spiro atoms. The molecule has 0 amide bonds. The van der Waals surface area contributed by atoms with Gasteiger partial charge in [0.05, 0.1) is 6.54 Å². The summed E-state index contributed by atoms with van der Waals surface area (Å²) in [5, 5.41) is 2.97. The van der Waals surface area contributed by atoms with E-state index < -0.39 is 0 Å². The average Bonchev–Trinajstić information content (AvgIpc) is 2.54. The first-order chi connectivity index (χ1) is 6.38. The molecule has 0 aromatic carbocycles. The molecule has 0 aliphatic carbocycles. The minimum Gasteiger partial charge on any atom is -0.324 e. The number of hydrogen-bond donors (Lipinski definition) is 1. The molecule has 3 nitrogen and oxygen atoms in total. The van der Waals surface area contributed by atoms with Gasteiger partial charge in [-0.2, -0.15) is 0 Å². The minimum absolute atomic E-state index is 0.707. The maximum absolute atomic E-state index is 4.17. The van der Waals surface area contributed by atoms with Gasteiger partial charge in [-0.25, -0.2) is 4.98 Å². The van der Waals surface area contributed by atoms with Crippen molar-refractivity contribution in [3.63, 3.8) is 0 Å². The molecule has 0 aliphatic rings. The van der Waals surface area contributed by atoms with Crippen LogP contribution < -0.4 is 5.32 Å². The maximum Gasteiger partial charge on any atom is 0.185 e. The fourth-order valence-corrected chi connectivity index (χ4v) is 1.07. The Hall–Kier alpha value is -1.27. The Kier molecular flexibility index (Phi) is 4.07. The van der Waals surface area contributed by atoms with Crippen molar-refractivity contribution in [1.82, 2.24) is 14.9 Å². The summed E-state index contributed by atoms with van der Waals surface area (Å²) in [6, 6.07) is 0. The van der Waals surface area contributed by atoms with Crippen molar-refractivity contribution in [2.45, 2.75) is 19.9 Å². The Labute approximate surface area is 79.2 Å². The molecule has 0 atom stereocenters. The highest BCUT2D eigenvalue weighted by Crippen LogP contribution is 1.96. The Morgan fingerprint density at radius 1 is 1.62 bits per heavy atom. The van der Waals surface area contributed by atoms with Crippen LogP contribution in [0.5, 0.6) is 0 Å². The highest BCUT2D eigenvalue weighted by Gasteiger charge is 1.95. The second-order valence-corrected chi connectivity index (χ2v) is 2.78. The first-order valence-electron chi connectivity index (χ1n) is 4.53. The summed E-state index contributed by atoms with van der Waals surface area (Å²) in [6.45, 7) is 3.84. The molecule has 0 fully saturated rings. The topological polar surface area (TPSA) is 29.9 Å². The van der Waals surface area contributed by atoms with Crippen LogP contribution in [-0.4, -0.2) is 23.1 Å². The monoisotopic (exact) mass is 177 g/mol. The molecule has 1 heterocycles. The number of aryl methyl sites for hydroxylation is 1. The van der Waals surface area contributed by atoms with E-state index in [0.717, 1.165) is 18.8 Å². The van der Waals surface area contributed by atoms with Gasteiger partial charge in [0.2, 0.25) is 0 Å². The standard InChI is InChI=1S/C10H15N3/c1-3-8-13-9-7-12-10(13)5-4-6-11-2/h7,9,11H,3,6,8H2,1-2H3. The van der Waals surface area contributed by atoms with E-state index in [0.29, 0.717) is 6.54 Å². The van der Waals surface area contributed by atoms with Gasteiger partial charge < -0.3 is 9.88 Å². The molecule has 0 saturated carbocycles. The van der Waals surface area contributed by atoms with Crippen LogP contribution in [0, 0.1) is 11.8 Å². The van der Waals surface area contributed by atoms with Crippen molar-refractivity contribution >= 4 is 0 Å². The summed E-state index contributed by atoms with van der Waals surface area (Å²) in [5.74, 6) is 6.87. The van der Waals surface area contributed by atoms with Crippen molar-refractivity contribution in [3.05, 3.63) is 18.2 Å². The third kappa shape index (κ3) is 2.92. The van der Waals surface area contributed by atoms with Gasteiger partial charge in [-0.05, 0) is 19.4 Å². The number of imidazole rings is 1. The fourth-order valence-electron chi connectivity index (χ4n) is 1.07. The Balaban J connectivity index is 2.66. The third-order valence-corrected chi connectivity index (χ3v) is 1.65. The lowest BCUT2D eigenvalue weighted by atomic mass is 10.4. The Bertz CT molecular complexity index is 303. The van der Waals surface area contributed by atoms with E-state index in [1.54, 1.807) is 6.20 Å². The molecule has 3 heteroatoms. The lowest BCUT2D eigenvalue weighted by Crippen LogP contribution is -2.05.